The van der Waals surface area contributed by atoms with Gasteiger partial charge in [0.05, 0.1) is 18.6 Å². The van der Waals surface area contributed by atoms with Gasteiger partial charge in [0, 0.05) is 45.2 Å². The van der Waals surface area contributed by atoms with Gasteiger partial charge in [0.1, 0.15) is 5.82 Å². The minimum Gasteiger partial charge on any atom is -0.396 e. The van der Waals surface area contributed by atoms with Gasteiger partial charge in [0.2, 0.25) is 5.91 Å². The first-order valence-corrected chi connectivity index (χ1v) is 9.45. The van der Waals surface area contributed by atoms with Crippen molar-refractivity contribution in [3.8, 4) is 0 Å². The minimum atomic E-state index is -0.321. The third-order valence-electron chi connectivity index (χ3n) is 5.40. The van der Waals surface area contributed by atoms with Crippen LogP contribution in [0.2, 0.25) is 0 Å². The number of aliphatic hydroxyl groups is 1. The van der Waals surface area contributed by atoms with E-state index in [-0.39, 0.29) is 48.8 Å². The van der Waals surface area contributed by atoms with Crippen molar-refractivity contribution in [1.82, 2.24) is 9.80 Å². The SMILES string of the molecule is C[C@@H]1CN(C[C@@H]2CN(C(=O)Cc3cccc(F)c3)C[C@@H]2CO)C[C@H](C)O1. The van der Waals surface area contributed by atoms with Gasteiger partial charge in [-0.1, -0.05) is 12.1 Å². The number of rotatable bonds is 5. The molecular formula is C20H29FN2O3. The summed E-state index contributed by atoms with van der Waals surface area (Å²) < 4.78 is 19.1. The Bertz CT molecular complexity index is 617. The molecule has 4 atom stereocenters. The summed E-state index contributed by atoms with van der Waals surface area (Å²) in [6, 6.07) is 6.19. The molecule has 3 rings (SSSR count). The average molecular weight is 364 g/mol. The topological polar surface area (TPSA) is 53.0 Å². The van der Waals surface area contributed by atoms with E-state index in [4.69, 9.17) is 4.74 Å². The smallest absolute Gasteiger partial charge is 0.227 e. The number of amides is 1. The monoisotopic (exact) mass is 364 g/mol. The molecular weight excluding hydrogens is 335 g/mol. The molecule has 0 saturated carbocycles. The molecule has 2 saturated heterocycles. The number of aliphatic hydroxyl groups excluding tert-OH is 1. The lowest BCUT2D eigenvalue weighted by Gasteiger charge is -2.37. The van der Waals surface area contributed by atoms with Gasteiger partial charge in [-0.2, -0.15) is 0 Å². The highest BCUT2D eigenvalue weighted by Crippen LogP contribution is 2.26. The summed E-state index contributed by atoms with van der Waals surface area (Å²) >= 11 is 0. The molecule has 0 aromatic heterocycles. The Labute approximate surface area is 154 Å². The average Bonchev–Trinajstić information content (AvgIpc) is 2.97. The summed E-state index contributed by atoms with van der Waals surface area (Å²) in [7, 11) is 0. The van der Waals surface area contributed by atoms with Gasteiger partial charge in [0.15, 0.2) is 0 Å². The molecule has 26 heavy (non-hydrogen) atoms. The molecule has 0 spiro atoms. The molecule has 2 fully saturated rings. The van der Waals surface area contributed by atoms with Crippen molar-refractivity contribution < 1.29 is 19.0 Å². The number of nitrogens with zero attached hydrogens (tertiary/aromatic N) is 2. The molecule has 2 aliphatic rings. The van der Waals surface area contributed by atoms with Crippen LogP contribution in [0.25, 0.3) is 0 Å². The maximum atomic E-state index is 13.3. The number of hydrogen-bond donors (Lipinski definition) is 1. The van der Waals surface area contributed by atoms with Gasteiger partial charge in [-0.05, 0) is 37.5 Å². The Balaban J connectivity index is 1.58. The van der Waals surface area contributed by atoms with Gasteiger partial charge < -0.3 is 14.7 Å². The molecule has 2 aliphatic heterocycles. The van der Waals surface area contributed by atoms with E-state index >= 15 is 0 Å². The molecule has 0 radical (unpaired) electrons. The number of hydrogen-bond acceptors (Lipinski definition) is 4. The summed E-state index contributed by atoms with van der Waals surface area (Å²) in [6.07, 6.45) is 0.616. The van der Waals surface area contributed by atoms with E-state index < -0.39 is 0 Å². The molecule has 0 aliphatic carbocycles. The Morgan fingerprint density at radius 1 is 1.19 bits per heavy atom. The zero-order valence-electron chi connectivity index (χ0n) is 15.6. The van der Waals surface area contributed by atoms with Gasteiger partial charge >= 0.3 is 0 Å². The van der Waals surface area contributed by atoms with Crippen LogP contribution in [-0.2, 0) is 16.0 Å². The van der Waals surface area contributed by atoms with Crippen molar-refractivity contribution in [2.75, 3.05) is 39.3 Å². The van der Waals surface area contributed by atoms with Crippen molar-refractivity contribution in [3.63, 3.8) is 0 Å². The zero-order chi connectivity index (χ0) is 18.7. The summed E-state index contributed by atoms with van der Waals surface area (Å²) in [5, 5.41) is 9.76. The molecule has 0 unspecified atom stereocenters. The second kappa shape index (κ2) is 8.46. The zero-order valence-corrected chi connectivity index (χ0v) is 15.6. The summed E-state index contributed by atoms with van der Waals surface area (Å²) in [5.74, 6) is 0.0347. The number of carbonyl (C=O) groups is 1. The second-order valence-electron chi connectivity index (χ2n) is 7.78. The van der Waals surface area contributed by atoms with Crippen molar-refractivity contribution in [1.29, 1.82) is 0 Å². The third kappa shape index (κ3) is 4.81. The highest BCUT2D eigenvalue weighted by atomic mass is 19.1. The maximum Gasteiger partial charge on any atom is 0.227 e. The largest absolute Gasteiger partial charge is 0.396 e. The number of halogens is 1. The molecule has 1 aromatic rings. The van der Waals surface area contributed by atoms with Crippen LogP contribution in [0, 0.1) is 17.7 Å². The van der Waals surface area contributed by atoms with Gasteiger partial charge in [0.25, 0.3) is 0 Å². The lowest BCUT2D eigenvalue weighted by atomic mass is 9.96. The quantitative estimate of drug-likeness (QED) is 0.861. The van der Waals surface area contributed by atoms with E-state index in [0.29, 0.717) is 18.7 Å². The lowest BCUT2D eigenvalue weighted by molar-refractivity contribution is -0.129. The van der Waals surface area contributed by atoms with Gasteiger partial charge in [-0.3, -0.25) is 9.69 Å². The van der Waals surface area contributed by atoms with Crippen LogP contribution in [0.5, 0.6) is 0 Å². The number of carbonyl (C=O) groups excluding carboxylic acids is 1. The standard InChI is InChI=1S/C20H29FN2O3/c1-14-8-22(9-15(2)26-14)10-17-11-23(12-18(17)13-24)20(25)7-16-4-3-5-19(21)6-16/h3-6,14-15,17-18,24H,7-13H2,1-2H3/t14-,15+,17-,18-/m1/s1. The Morgan fingerprint density at radius 2 is 1.88 bits per heavy atom. The lowest BCUT2D eigenvalue weighted by Crippen LogP contribution is -2.48. The first-order valence-electron chi connectivity index (χ1n) is 9.45. The van der Waals surface area contributed by atoms with Crippen LogP contribution >= 0.6 is 0 Å². The van der Waals surface area contributed by atoms with E-state index in [9.17, 15) is 14.3 Å². The highest BCUT2D eigenvalue weighted by Gasteiger charge is 2.36. The maximum absolute atomic E-state index is 13.3. The number of morpholine rings is 1. The molecule has 5 nitrogen and oxygen atoms in total. The summed E-state index contributed by atoms with van der Waals surface area (Å²) in [5.41, 5.74) is 0.690. The minimum absolute atomic E-state index is 0.000244. The molecule has 144 valence electrons. The van der Waals surface area contributed by atoms with Crippen LogP contribution in [0.3, 0.4) is 0 Å². The van der Waals surface area contributed by atoms with Crippen LogP contribution in [0.4, 0.5) is 4.39 Å². The fourth-order valence-corrected chi connectivity index (χ4v) is 4.25. The van der Waals surface area contributed by atoms with Crippen molar-refractivity contribution >= 4 is 5.91 Å². The third-order valence-corrected chi connectivity index (χ3v) is 5.40. The fraction of sp³-hybridized carbons (Fsp3) is 0.650. The van der Waals surface area contributed by atoms with Crippen LogP contribution < -0.4 is 0 Å². The highest BCUT2D eigenvalue weighted by molar-refractivity contribution is 5.79. The first kappa shape index (κ1) is 19.3. The summed E-state index contributed by atoms with van der Waals surface area (Å²) in [4.78, 5) is 16.8. The molecule has 6 heteroatoms. The molecule has 0 bridgehead atoms. The van der Waals surface area contributed by atoms with Crippen LogP contribution in [-0.4, -0.2) is 72.4 Å². The van der Waals surface area contributed by atoms with Crippen molar-refractivity contribution in [3.05, 3.63) is 35.6 Å². The normalized spacial score (nSPS) is 29.9. The number of likely N-dealkylation sites (tertiary alicyclic amines) is 1. The fourth-order valence-electron chi connectivity index (χ4n) is 4.25. The number of benzene rings is 1. The Hall–Kier alpha value is -1.50. The molecule has 2 heterocycles. The predicted molar refractivity (Wildman–Crippen MR) is 97.2 cm³/mol. The van der Waals surface area contributed by atoms with Gasteiger partial charge in [-0.15, -0.1) is 0 Å². The van der Waals surface area contributed by atoms with E-state index in [2.05, 4.69) is 18.7 Å². The van der Waals surface area contributed by atoms with E-state index in [1.165, 1.54) is 12.1 Å². The van der Waals surface area contributed by atoms with Crippen molar-refractivity contribution in [2.45, 2.75) is 32.5 Å². The van der Waals surface area contributed by atoms with Crippen molar-refractivity contribution in [2.24, 2.45) is 11.8 Å². The van der Waals surface area contributed by atoms with E-state index in [1.54, 1.807) is 12.1 Å². The predicted octanol–water partition coefficient (Wildman–Crippen LogP) is 1.54. The first-order chi connectivity index (χ1) is 12.4. The Morgan fingerprint density at radius 3 is 2.54 bits per heavy atom. The Kier molecular flexibility index (Phi) is 6.27. The van der Waals surface area contributed by atoms with Crippen LogP contribution in [0.1, 0.15) is 19.4 Å². The molecule has 1 amide bonds. The van der Waals surface area contributed by atoms with E-state index in [0.717, 1.165) is 19.6 Å². The van der Waals surface area contributed by atoms with E-state index in [1.807, 2.05) is 4.90 Å². The summed E-state index contributed by atoms with van der Waals surface area (Å²) in [6.45, 7) is 8.11. The van der Waals surface area contributed by atoms with Gasteiger partial charge in [-0.25, -0.2) is 4.39 Å². The molecule has 1 N–H and O–H groups in total. The second-order valence-corrected chi connectivity index (χ2v) is 7.78. The number of ether oxygens (including phenoxy) is 1. The molecule has 1 aromatic carbocycles. The van der Waals surface area contributed by atoms with Crippen LogP contribution in [0.15, 0.2) is 24.3 Å².